The third-order valence-corrected chi connectivity index (χ3v) is 5.63. The highest BCUT2D eigenvalue weighted by Gasteiger charge is 2.28. The molecule has 25 heavy (non-hydrogen) atoms. The van der Waals surface area contributed by atoms with Crippen molar-refractivity contribution in [2.75, 3.05) is 19.3 Å². The van der Waals surface area contributed by atoms with Crippen LogP contribution in [0.5, 0.6) is 0 Å². The Labute approximate surface area is 153 Å². The summed E-state index contributed by atoms with van der Waals surface area (Å²) in [5.41, 5.74) is 7.06. The van der Waals surface area contributed by atoms with Crippen LogP contribution in [0.3, 0.4) is 0 Å². The Kier molecular flexibility index (Phi) is 7.35. The molecule has 0 bridgehead atoms. The van der Waals surface area contributed by atoms with Crippen LogP contribution in [0.4, 0.5) is 11.4 Å². The number of nitrogens with zero attached hydrogens (tertiary/aromatic N) is 2. The van der Waals surface area contributed by atoms with Gasteiger partial charge in [-0.3, -0.25) is 10.1 Å². The molecule has 2 aromatic carbocycles. The van der Waals surface area contributed by atoms with E-state index >= 15 is 0 Å². The van der Waals surface area contributed by atoms with Gasteiger partial charge in [0.2, 0.25) is 10.0 Å². The van der Waals surface area contributed by atoms with Crippen LogP contribution in [0, 0.1) is 10.1 Å². The number of nitro groups is 1. The molecule has 0 aliphatic carbocycles. The maximum atomic E-state index is 12.6. The van der Waals surface area contributed by atoms with Crippen molar-refractivity contribution in [2.45, 2.75) is 17.7 Å². The maximum absolute atomic E-state index is 12.6. The van der Waals surface area contributed by atoms with Crippen LogP contribution in [-0.2, 0) is 16.4 Å². The second-order valence-electron chi connectivity index (χ2n) is 5.35. The molecule has 0 aromatic heterocycles. The number of nitrogens with two attached hydrogens (primary N) is 1. The summed E-state index contributed by atoms with van der Waals surface area (Å²) in [5, 5.41) is 11.0. The SMILES string of the molecule is CN(CCCc1ccccc1N)S(=O)(=O)c1ccccc1[N+](=O)[O-].Cl. The van der Waals surface area contributed by atoms with Gasteiger partial charge in [0.15, 0.2) is 4.90 Å². The van der Waals surface area contributed by atoms with Crippen molar-refractivity contribution in [2.24, 2.45) is 0 Å². The summed E-state index contributed by atoms with van der Waals surface area (Å²) in [5.74, 6) is 0. The fraction of sp³-hybridized carbons (Fsp3) is 0.250. The highest BCUT2D eigenvalue weighted by Crippen LogP contribution is 2.25. The third-order valence-electron chi connectivity index (χ3n) is 3.72. The molecule has 0 saturated heterocycles. The van der Waals surface area contributed by atoms with E-state index in [2.05, 4.69) is 0 Å². The number of anilines is 1. The Morgan fingerprint density at radius 1 is 1.12 bits per heavy atom. The molecule has 2 rings (SSSR count). The van der Waals surface area contributed by atoms with Gasteiger partial charge in [-0.2, -0.15) is 0 Å². The Hall–Kier alpha value is -2.16. The fourth-order valence-corrected chi connectivity index (χ4v) is 3.73. The zero-order valence-corrected chi connectivity index (χ0v) is 15.3. The predicted molar refractivity (Wildman–Crippen MR) is 99.3 cm³/mol. The molecule has 9 heteroatoms. The van der Waals surface area contributed by atoms with Crippen LogP contribution >= 0.6 is 12.4 Å². The molecule has 0 radical (unpaired) electrons. The molecule has 0 atom stereocenters. The van der Waals surface area contributed by atoms with Crippen molar-refractivity contribution >= 4 is 33.8 Å². The van der Waals surface area contributed by atoms with Crippen molar-refractivity contribution in [1.82, 2.24) is 4.31 Å². The minimum Gasteiger partial charge on any atom is -0.399 e. The van der Waals surface area contributed by atoms with Crippen molar-refractivity contribution in [3.8, 4) is 0 Å². The van der Waals surface area contributed by atoms with Crippen molar-refractivity contribution < 1.29 is 13.3 Å². The lowest BCUT2D eigenvalue weighted by molar-refractivity contribution is -0.387. The largest absolute Gasteiger partial charge is 0.399 e. The lowest BCUT2D eigenvalue weighted by atomic mass is 10.1. The fourth-order valence-electron chi connectivity index (χ4n) is 2.37. The van der Waals surface area contributed by atoms with E-state index < -0.39 is 20.6 Å². The second-order valence-corrected chi connectivity index (χ2v) is 7.37. The molecule has 0 aliphatic heterocycles. The normalized spacial score (nSPS) is 11.1. The lowest BCUT2D eigenvalue weighted by Crippen LogP contribution is -2.28. The van der Waals surface area contributed by atoms with Gasteiger partial charge in [-0.25, -0.2) is 12.7 Å². The first-order chi connectivity index (χ1) is 11.3. The molecule has 2 aromatic rings. The Morgan fingerprint density at radius 3 is 2.36 bits per heavy atom. The highest BCUT2D eigenvalue weighted by molar-refractivity contribution is 7.89. The van der Waals surface area contributed by atoms with E-state index in [9.17, 15) is 18.5 Å². The molecular formula is C16H20ClN3O4S. The van der Waals surface area contributed by atoms with Gasteiger partial charge in [-0.15, -0.1) is 12.4 Å². The van der Waals surface area contributed by atoms with Crippen LogP contribution in [-0.4, -0.2) is 31.2 Å². The maximum Gasteiger partial charge on any atom is 0.289 e. The van der Waals surface area contributed by atoms with Gasteiger partial charge in [0.25, 0.3) is 5.69 Å². The van der Waals surface area contributed by atoms with E-state index in [1.807, 2.05) is 18.2 Å². The zero-order chi connectivity index (χ0) is 17.7. The van der Waals surface area contributed by atoms with Crippen LogP contribution in [0.2, 0.25) is 0 Å². The van der Waals surface area contributed by atoms with Crippen LogP contribution < -0.4 is 5.73 Å². The molecule has 2 N–H and O–H groups in total. The number of para-hydroxylation sites is 2. The standard InChI is InChI=1S/C16H19N3O4S.ClH/c1-18(12-6-8-13-7-2-3-9-14(13)17)24(22,23)16-11-5-4-10-15(16)19(20)21;/h2-5,7,9-11H,6,8,12,17H2,1H3;1H. The number of benzene rings is 2. The van der Waals surface area contributed by atoms with E-state index in [0.717, 1.165) is 9.87 Å². The molecule has 0 heterocycles. The monoisotopic (exact) mass is 385 g/mol. The molecule has 7 nitrogen and oxygen atoms in total. The molecule has 0 aliphatic rings. The number of rotatable bonds is 7. The molecule has 0 spiro atoms. The van der Waals surface area contributed by atoms with E-state index in [4.69, 9.17) is 5.73 Å². The Bertz CT molecular complexity index is 843. The van der Waals surface area contributed by atoms with E-state index in [0.29, 0.717) is 18.5 Å². The van der Waals surface area contributed by atoms with E-state index in [-0.39, 0.29) is 23.8 Å². The van der Waals surface area contributed by atoms with Crippen LogP contribution in [0.15, 0.2) is 53.4 Å². The molecule has 0 fully saturated rings. The molecule has 136 valence electrons. The van der Waals surface area contributed by atoms with Gasteiger partial charge in [0.05, 0.1) is 4.92 Å². The number of nitro benzene ring substituents is 1. The first-order valence-corrected chi connectivity index (χ1v) is 8.81. The topological polar surface area (TPSA) is 107 Å². The molecule has 0 unspecified atom stereocenters. The summed E-state index contributed by atoms with van der Waals surface area (Å²) < 4.78 is 26.3. The predicted octanol–water partition coefficient (Wildman–Crippen LogP) is 2.85. The van der Waals surface area contributed by atoms with Crippen molar-refractivity contribution in [3.63, 3.8) is 0 Å². The second kappa shape index (κ2) is 8.80. The van der Waals surface area contributed by atoms with Crippen molar-refractivity contribution in [1.29, 1.82) is 0 Å². The van der Waals surface area contributed by atoms with Crippen LogP contribution in [0.25, 0.3) is 0 Å². The minimum absolute atomic E-state index is 0. The number of hydrogen-bond acceptors (Lipinski definition) is 5. The molecule has 0 saturated carbocycles. The third kappa shape index (κ3) is 4.91. The zero-order valence-electron chi connectivity index (χ0n) is 13.7. The summed E-state index contributed by atoms with van der Waals surface area (Å²) in [7, 11) is -2.50. The van der Waals surface area contributed by atoms with Crippen molar-refractivity contribution in [3.05, 3.63) is 64.2 Å². The Morgan fingerprint density at radius 2 is 1.72 bits per heavy atom. The quantitative estimate of drug-likeness (QED) is 0.448. The molecular weight excluding hydrogens is 366 g/mol. The minimum atomic E-state index is -3.92. The lowest BCUT2D eigenvalue weighted by Gasteiger charge is -2.17. The molecule has 0 amide bonds. The highest BCUT2D eigenvalue weighted by atomic mass is 35.5. The van der Waals surface area contributed by atoms with Gasteiger partial charge < -0.3 is 5.73 Å². The summed E-state index contributed by atoms with van der Waals surface area (Å²) >= 11 is 0. The summed E-state index contributed by atoms with van der Waals surface area (Å²) in [6.07, 6.45) is 1.19. The number of sulfonamides is 1. The Balaban J connectivity index is 0.00000312. The van der Waals surface area contributed by atoms with Gasteiger partial charge in [-0.05, 0) is 30.5 Å². The number of aryl methyl sites for hydroxylation is 1. The summed E-state index contributed by atoms with van der Waals surface area (Å²) in [6.45, 7) is 0.239. The van der Waals surface area contributed by atoms with Gasteiger partial charge in [0.1, 0.15) is 0 Å². The summed E-state index contributed by atoms with van der Waals surface area (Å²) in [6, 6.07) is 12.7. The number of halogens is 1. The van der Waals surface area contributed by atoms with Crippen LogP contribution in [0.1, 0.15) is 12.0 Å². The van der Waals surface area contributed by atoms with Gasteiger partial charge in [0, 0.05) is 25.3 Å². The van der Waals surface area contributed by atoms with E-state index in [1.165, 1.54) is 31.3 Å². The summed E-state index contributed by atoms with van der Waals surface area (Å²) in [4.78, 5) is 10.1. The van der Waals surface area contributed by atoms with E-state index in [1.54, 1.807) is 6.07 Å². The number of nitrogen functional groups attached to an aromatic ring is 1. The smallest absolute Gasteiger partial charge is 0.289 e. The average Bonchev–Trinajstić information content (AvgIpc) is 2.56. The average molecular weight is 386 g/mol. The first kappa shape index (κ1) is 20.9. The number of hydrogen-bond donors (Lipinski definition) is 1. The van der Waals surface area contributed by atoms with Gasteiger partial charge in [-0.1, -0.05) is 30.3 Å². The van der Waals surface area contributed by atoms with Gasteiger partial charge >= 0.3 is 0 Å². The first-order valence-electron chi connectivity index (χ1n) is 7.37.